The molecule has 1 aliphatic rings. The van der Waals surface area contributed by atoms with Crippen LogP contribution in [0.15, 0.2) is 24.3 Å². The maximum Gasteiger partial charge on any atom is 0.416 e. The third kappa shape index (κ3) is 3.07. The quantitative estimate of drug-likeness (QED) is 0.916. The Morgan fingerprint density at radius 2 is 2.05 bits per heavy atom. The Kier molecular flexibility index (Phi) is 3.30. The first-order chi connectivity index (χ1) is 8.72. The zero-order valence-electron chi connectivity index (χ0n) is 10.5. The molecule has 0 radical (unpaired) electrons. The van der Waals surface area contributed by atoms with Crippen LogP contribution < -0.4 is 5.73 Å². The molecule has 1 fully saturated rings. The van der Waals surface area contributed by atoms with Gasteiger partial charge in [-0.3, -0.25) is 4.79 Å². The SMILES string of the molecule is CN(Cc1cccc(C(F)(F)F)c1)C(=O)C1(N)CC1. The summed E-state index contributed by atoms with van der Waals surface area (Å²) >= 11 is 0. The summed E-state index contributed by atoms with van der Waals surface area (Å²) in [7, 11) is 1.55. The third-order valence-corrected chi connectivity index (χ3v) is 3.24. The van der Waals surface area contributed by atoms with Crippen LogP contribution in [0.4, 0.5) is 13.2 Å². The van der Waals surface area contributed by atoms with Crippen LogP contribution in [0.1, 0.15) is 24.0 Å². The van der Waals surface area contributed by atoms with Gasteiger partial charge in [-0.1, -0.05) is 12.1 Å². The van der Waals surface area contributed by atoms with E-state index in [4.69, 9.17) is 5.73 Å². The van der Waals surface area contributed by atoms with Crippen molar-refractivity contribution in [3.05, 3.63) is 35.4 Å². The van der Waals surface area contributed by atoms with E-state index in [2.05, 4.69) is 0 Å². The molecule has 104 valence electrons. The summed E-state index contributed by atoms with van der Waals surface area (Å²) in [5, 5.41) is 0. The standard InChI is InChI=1S/C13H15F3N2O/c1-18(11(19)12(17)5-6-12)8-9-3-2-4-10(7-9)13(14,15)16/h2-4,7H,5-6,8,17H2,1H3. The summed E-state index contributed by atoms with van der Waals surface area (Å²) in [6.07, 6.45) is -3.10. The van der Waals surface area contributed by atoms with Crippen molar-refractivity contribution in [1.82, 2.24) is 4.90 Å². The molecule has 1 aliphatic carbocycles. The van der Waals surface area contributed by atoms with Gasteiger partial charge in [-0.15, -0.1) is 0 Å². The summed E-state index contributed by atoms with van der Waals surface area (Å²) in [5.74, 6) is -0.218. The highest BCUT2D eigenvalue weighted by Gasteiger charge is 2.47. The molecule has 1 saturated carbocycles. The van der Waals surface area contributed by atoms with E-state index in [0.717, 1.165) is 12.1 Å². The number of alkyl halides is 3. The number of hydrogen-bond donors (Lipinski definition) is 1. The lowest BCUT2D eigenvalue weighted by Crippen LogP contribution is -2.43. The summed E-state index contributed by atoms with van der Waals surface area (Å²) in [6.45, 7) is 0.127. The average molecular weight is 272 g/mol. The molecule has 3 nitrogen and oxygen atoms in total. The Morgan fingerprint density at radius 1 is 1.42 bits per heavy atom. The average Bonchev–Trinajstić information content (AvgIpc) is 3.07. The largest absolute Gasteiger partial charge is 0.416 e. The van der Waals surface area contributed by atoms with Crippen LogP contribution in [0.25, 0.3) is 0 Å². The van der Waals surface area contributed by atoms with Gasteiger partial charge in [0.2, 0.25) is 5.91 Å². The van der Waals surface area contributed by atoms with Gasteiger partial charge in [0.1, 0.15) is 0 Å². The van der Waals surface area contributed by atoms with Gasteiger partial charge in [-0.2, -0.15) is 13.2 Å². The van der Waals surface area contributed by atoms with Gasteiger partial charge in [-0.25, -0.2) is 0 Å². The molecule has 6 heteroatoms. The minimum absolute atomic E-state index is 0.127. The highest BCUT2D eigenvalue weighted by Crippen LogP contribution is 2.34. The minimum atomic E-state index is -4.37. The van der Waals surface area contributed by atoms with E-state index in [-0.39, 0.29) is 12.5 Å². The first-order valence-electron chi connectivity index (χ1n) is 5.93. The highest BCUT2D eigenvalue weighted by atomic mass is 19.4. The van der Waals surface area contributed by atoms with Crippen molar-refractivity contribution in [3.63, 3.8) is 0 Å². The third-order valence-electron chi connectivity index (χ3n) is 3.24. The van der Waals surface area contributed by atoms with Crippen LogP contribution in [0.5, 0.6) is 0 Å². The topological polar surface area (TPSA) is 46.3 Å². The lowest BCUT2D eigenvalue weighted by Gasteiger charge is -2.21. The number of amides is 1. The molecule has 0 atom stereocenters. The molecule has 0 heterocycles. The van der Waals surface area contributed by atoms with Crippen molar-refractivity contribution in [3.8, 4) is 0 Å². The molecule has 0 aliphatic heterocycles. The van der Waals surface area contributed by atoms with E-state index in [9.17, 15) is 18.0 Å². The highest BCUT2D eigenvalue weighted by molar-refractivity contribution is 5.88. The van der Waals surface area contributed by atoms with Crippen LogP contribution in [0.3, 0.4) is 0 Å². The molecule has 1 aromatic carbocycles. The number of nitrogens with two attached hydrogens (primary N) is 1. The number of nitrogens with zero attached hydrogens (tertiary/aromatic N) is 1. The smallest absolute Gasteiger partial charge is 0.340 e. The van der Waals surface area contributed by atoms with E-state index >= 15 is 0 Å². The van der Waals surface area contributed by atoms with Gasteiger partial charge < -0.3 is 10.6 Å². The molecule has 1 amide bonds. The Balaban J connectivity index is 2.09. The summed E-state index contributed by atoms with van der Waals surface area (Å²) < 4.78 is 37.7. The number of halogens is 3. The first kappa shape index (κ1) is 13.9. The molecular formula is C13H15F3N2O. The first-order valence-corrected chi connectivity index (χ1v) is 5.93. The fourth-order valence-electron chi connectivity index (χ4n) is 1.92. The number of rotatable bonds is 3. The monoisotopic (exact) mass is 272 g/mol. The lowest BCUT2D eigenvalue weighted by atomic mass is 10.1. The van der Waals surface area contributed by atoms with Gasteiger partial charge in [0.15, 0.2) is 0 Å². The van der Waals surface area contributed by atoms with Gasteiger partial charge in [-0.05, 0) is 30.5 Å². The zero-order valence-corrected chi connectivity index (χ0v) is 10.5. The molecular weight excluding hydrogens is 257 g/mol. The van der Waals surface area contributed by atoms with Gasteiger partial charge in [0.05, 0.1) is 11.1 Å². The molecule has 0 bridgehead atoms. The number of hydrogen-bond acceptors (Lipinski definition) is 2. The fraction of sp³-hybridized carbons (Fsp3) is 0.462. The van der Waals surface area contributed by atoms with E-state index < -0.39 is 17.3 Å². The van der Waals surface area contributed by atoms with E-state index in [1.165, 1.54) is 11.0 Å². The van der Waals surface area contributed by atoms with Crippen molar-refractivity contribution in [2.45, 2.75) is 31.1 Å². The van der Waals surface area contributed by atoms with E-state index in [1.54, 1.807) is 13.1 Å². The Hall–Kier alpha value is -1.56. The second-order valence-corrected chi connectivity index (χ2v) is 5.02. The minimum Gasteiger partial charge on any atom is -0.340 e. The van der Waals surface area contributed by atoms with E-state index in [1.807, 2.05) is 0 Å². The number of benzene rings is 1. The zero-order chi connectivity index (χ0) is 14.3. The number of carbonyl (C=O) groups excluding carboxylic acids is 1. The normalized spacial score (nSPS) is 17.1. The molecule has 0 aromatic heterocycles. The second kappa shape index (κ2) is 4.52. The van der Waals surface area contributed by atoms with Crippen LogP contribution in [-0.2, 0) is 17.5 Å². The number of carbonyl (C=O) groups is 1. The van der Waals surface area contributed by atoms with Crippen molar-refractivity contribution >= 4 is 5.91 Å². The second-order valence-electron chi connectivity index (χ2n) is 5.02. The summed E-state index contributed by atoms with van der Waals surface area (Å²) in [5.41, 5.74) is 4.71. The predicted molar refractivity (Wildman–Crippen MR) is 64.1 cm³/mol. The lowest BCUT2D eigenvalue weighted by molar-refractivity contribution is -0.137. The molecule has 2 N–H and O–H groups in total. The predicted octanol–water partition coefficient (Wildman–Crippen LogP) is 2.16. The molecule has 19 heavy (non-hydrogen) atoms. The molecule has 2 rings (SSSR count). The van der Waals surface area contributed by atoms with Gasteiger partial charge in [0, 0.05) is 13.6 Å². The molecule has 0 saturated heterocycles. The van der Waals surface area contributed by atoms with Crippen molar-refractivity contribution in [2.24, 2.45) is 5.73 Å². The van der Waals surface area contributed by atoms with Crippen LogP contribution in [-0.4, -0.2) is 23.4 Å². The van der Waals surface area contributed by atoms with Crippen LogP contribution in [0, 0.1) is 0 Å². The Labute approximate surface area is 109 Å². The maximum atomic E-state index is 12.6. The molecule has 1 aromatic rings. The Bertz CT molecular complexity index is 495. The summed E-state index contributed by atoms with van der Waals surface area (Å²) in [4.78, 5) is 13.3. The fourth-order valence-corrected chi connectivity index (χ4v) is 1.92. The van der Waals surface area contributed by atoms with Gasteiger partial charge >= 0.3 is 6.18 Å². The molecule has 0 spiro atoms. The van der Waals surface area contributed by atoms with E-state index in [0.29, 0.717) is 18.4 Å². The maximum absolute atomic E-state index is 12.6. The van der Waals surface area contributed by atoms with Crippen LogP contribution in [0.2, 0.25) is 0 Å². The summed E-state index contributed by atoms with van der Waals surface area (Å²) in [6, 6.07) is 4.97. The molecule has 0 unspecified atom stereocenters. The van der Waals surface area contributed by atoms with Crippen molar-refractivity contribution in [2.75, 3.05) is 7.05 Å². The van der Waals surface area contributed by atoms with Gasteiger partial charge in [0.25, 0.3) is 0 Å². The van der Waals surface area contributed by atoms with Crippen molar-refractivity contribution in [1.29, 1.82) is 0 Å². The van der Waals surface area contributed by atoms with Crippen molar-refractivity contribution < 1.29 is 18.0 Å². The number of likely N-dealkylation sites (N-methyl/N-ethyl adjacent to an activating group) is 1. The Morgan fingerprint density at radius 3 is 2.58 bits per heavy atom. The van der Waals surface area contributed by atoms with Crippen LogP contribution >= 0.6 is 0 Å².